The Balaban J connectivity index is 4.58. The molecule has 0 aromatic heterocycles. The van der Waals surface area contributed by atoms with Gasteiger partial charge in [-0.1, -0.05) is 117 Å². The maximum atomic E-state index is 13.5. The van der Waals surface area contributed by atoms with Crippen molar-refractivity contribution in [3.8, 4) is 0 Å². The van der Waals surface area contributed by atoms with Crippen LogP contribution in [0.2, 0.25) is 0 Å². The molecule has 0 aromatic carbocycles. The highest BCUT2D eigenvalue weighted by Gasteiger charge is 2.39. The minimum atomic E-state index is -4.98. The highest BCUT2D eigenvalue weighted by Crippen LogP contribution is 2.57. The van der Waals surface area contributed by atoms with Crippen LogP contribution in [0, 0.1) is 0 Å². The van der Waals surface area contributed by atoms with E-state index in [0.717, 1.165) is 44.9 Å². The molecule has 0 fully saturated rings. The van der Waals surface area contributed by atoms with Crippen molar-refractivity contribution in [2.24, 2.45) is 5.73 Å². The average Bonchev–Trinajstić information content (AvgIpc) is 3.04. The van der Waals surface area contributed by atoms with E-state index in [4.69, 9.17) is 29.7 Å². The number of rotatable bonds is 35. The number of esters is 2. The molecule has 11 nitrogen and oxygen atoms in total. The van der Waals surface area contributed by atoms with E-state index in [1.54, 1.807) is 0 Å². The van der Waals surface area contributed by atoms with Gasteiger partial charge >= 0.3 is 24.0 Å². The lowest BCUT2D eigenvalue weighted by atomic mass is 10.1. The SMILES string of the molecule is CCCCCCCCCCCC(=O)OC[C@@H](CCC[C@@H](N)C(=O)NCCOCC(F)(F)SP(=O)(O)O)OC(=O)CCCCCCCCCCC. The Bertz CT molecular complexity index is 931. The Hall–Kier alpha value is -1.31. The molecule has 50 heavy (non-hydrogen) atoms. The number of unbranched alkanes of at least 4 members (excludes halogenated alkanes) is 16. The normalized spacial score (nSPS) is 13.2. The molecule has 1 amide bonds. The highest BCUT2D eigenvalue weighted by atomic mass is 32.7. The summed E-state index contributed by atoms with van der Waals surface area (Å²) in [5.41, 5.74) is 5.98. The minimum absolute atomic E-state index is 0.0660. The molecule has 0 bridgehead atoms. The number of hydrogen-bond acceptors (Lipinski definition) is 9. The second-order valence-electron chi connectivity index (χ2n) is 13.1. The van der Waals surface area contributed by atoms with Crippen molar-refractivity contribution in [2.45, 2.75) is 179 Å². The van der Waals surface area contributed by atoms with Crippen molar-refractivity contribution in [3.05, 3.63) is 0 Å². The zero-order valence-electron chi connectivity index (χ0n) is 30.7. The Morgan fingerprint density at radius 1 is 0.760 bits per heavy atom. The first-order chi connectivity index (χ1) is 23.8. The second-order valence-corrected chi connectivity index (χ2v) is 16.8. The fourth-order valence-corrected chi connectivity index (χ4v) is 6.99. The number of alkyl halides is 2. The van der Waals surface area contributed by atoms with Crippen LogP contribution in [-0.2, 0) is 33.2 Å². The molecular weight excluding hydrogens is 693 g/mol. The summed E-state index contributed by atoms with van der Waals surface area (Å²) in [4.78, 5) is 54.7. The number of hydrogen-bond donors (Lipinski definition) is 4. The number of halogens is 2. The topological polar surface area (TPSA) is 174 Å². The van der Waals surface area contributed by atoms with E-state index < -0.39 is 48.1 Å². The van der Waals surface area contributed by atoms with Gasteiger partial charge in [-0.15, -0.1) is 0 Å². The lowest BCUT2D eigenvalue weighted by Gasteiger charge is -2.19. The third-order valence-electron chi connectivity index (χ3n) is 8.14. The van der Waals surface area contributed by atoms with Gasteiger partial charge in [0.2, 0.25) is 5.91 Å². The van der Waals surface area contributed by atoms with Crippen LogP contribution >= 0.6 is 18.2 Å². The summed E-state index contributed by atoms with van der Waals surface area (Å²) < 4.78 is 53.6. The summed E-state index contributed by atoms with van der Waals surface area (Å²) in [7, 11) is 0. The van der Waals surface area contributed by atoms with Crippen molar-refractivity contribution in [1.29, 1.82) is 0 Å². The third-order valence-corrected chi connectivity index (χ3v) is 10.3. The van der Waals surface area contributed by atoms with Gasteiger partial charge in [-0.3, -0.25) is 14.4 Å². The van der Waals surface area contributed by atoms with Crippen LogP contribution in [0.4, 0.5) is 8.78 Å². The van der Waals surface area contributed by atoms with Gasteiger partial charge in [0.25, 0.3) is 0 Å². The zero-order valence-corrected chi connectivity index (χ0v) is 32.4. The fraction of sp³-hybridized carbons (Fsp3) is 0.914. The smallest absolute Gasteiger partial charge is 0.389 e. The maximum Gasteiger partial charge on any atom is 0.389 e. The molecule has 0 aromatic rings. The highest BCUT2D eigenvalue weighted by molar-refractivity contribution is 8.55. The largest absolute Gasteiger partial charge is 0.462 e. The molecule has 0 radical (unpaired) electrons. The van der Waals surface area contributed by atoms with Gasteiger partial charge in [-0.25, -0.2) is 4.57 Å². The van der Waals surface area contributed by atoms with Gasteiger partial charge in [0.15, 0.2) is 0 Å². The van der Waals surface area contributed by atoms with Gasteiger partial charge in [0, 0.05) is 30.8 Å². The fourth-order valence-electron chi connectivity index (χ4n) is 5.30. The Kier molecular flexibility index (Phi) is 30.4. The molecule has 15 heteroatoms. The monoisotopic (exact) mass is 760 g/mol. The summed E-state index contributed by atoms with van der Waals surface area (Å²) in [6, 6.07) is -0.922. The van der Waals surface area contributed by atoms with Crippen molar-refractivity contribution >= 4 is 36.0 Å². The molecule has 0 saturated carbocycles. The van der Waals surface area contributed by atoms with Gasteiger partial charge in [-0.05, 0) is 32.1 Å². The Morgan fingerprint density at radius 2 is 1.24 bits per heavy atom. The summed E-state index contributed by atoms with van der Waals surface area (Å²) in [6.45, 7) is -2.32. The van der Waals surface area contributed by atoms with E-state index in [1.807, 2.05) is 0 Å². The minimum Gasteiger partial charge on any atom is -0.462 e. The lowest BCUT2D eigenvalue weighted by Crippen LogP contribution is -2.42. The van der Waals surface area contributed by atoms with Gasteiger partial charge in [0.05, 0.1) is 12.6 Å². The van der Waals surface area contributed by atoms with Crippen LogP contribution in [0.1, 0.15) is 162 Å². The number of ether oxygens (including phenoxy) is 3. The molecule has 0 saturated heterocycles. The van der Waals surface area contributed by atoms with Crippen molar-refractivity contribution in [3.63, 3.8) is 0 Å². The molecule has 0 aliphatic heterocycles. The van der Waals surface area contributed by atoms with E-state index >= 15 is 0 Å². The molecule has 296 valence electrons. The summed E-state index contributed by atoms with van der Waals surface area (Å²) in [5.74, 6) is -1.21. The van der Waals surface area contributed by atoms with Gasteiger partial charge in [-0.2, -0.15) is 8.78 Å². The molecule has 0 rings (SSSR count). The number of carbonyl (C=O) groups is 3. The van der Waals surface area contributed by atoms with Crippen LogP contribution in [0.3, 0.4) is 0 Å². The van der Waals surface area contributed by atoms with E-state index in [-0.39, 0.29) is 44.5 Å². The number of nitrogens with one attached hydrogen (secondary N) is 1. The number of amides is 1. The average molecular weight is 761 g/mol. The molecule has 0 unspecified atom stereocenters. The lowest BCUT2D eigenvalue weighted by molar-refractivity contribution is -0.159. The van der Waals surface area contributed by atoms with E-state index in [0.29, 0.717) is 19.3 Å². The van der Waals surface area contributed by atoms with Gasteiger partial charge < -0.3 is 35.0 Å². The van der Waals surface area contributed by atoms with E-state index in [2.05, 4.69) is 19.2 Å². The maximum absolute atomic E-state index is 13.5. The van der Waals surface area contributed by atoms with Crippen LogP contribution in [0.25, 0.3) is 0 Å². The summed E-state index contributed by atoms with van der Waals surface area (Å²) in [5, 5.41) is -1.31. The summed E-state index contributed by atoms with van der Waals surface area (Å²) in [6.07, 6.45) is 21.3. The molecular formula is C35H67F2N2O9PS. The van der Waals surface area contributed by atoms with Gasteiger partial charge in [0.1, 0.15) is 19.3 Å². The Morgan fingerprint density at radius 3 is 1.74 bits per heavy atom. The Labute approximate surface area is 303 Å². The van der Waals surface area contributed by atoms with Crippen molar-refractivity contribution in [1.82, 2.24) is 5.32 Å². The van der Waals surface area contributed by atoms with Crippen LogP contribution in [0.5, 0.6) is 0 Å². The number of carbonyl (C=O) groups excluding carboxylic acids is 3. The van der Waals surface area contributed by atoms with E-state index in [9.17, 15) is 27.7 Å². The number of nitrogens with two attached hydrogens (primary N) is 1. The standard InChI is InChI=1S/C35H67F2N2O9PS/c1-3-5-7-9-11-13-15-17-19-24-32(40)47-28-30(48-33(41)25-20-18-16-14-12-10-8-6-4-2)22-21-23-31(38)34(42)39-26-27-46-29-35(36,37)50-49(43,44)45/h30-31H,3-29,38H2,1-2H3,(H,39,42)(H2,43,44,45)/t30-,31-/m1/s1. The first kappa shape index (κ1) is 48.7. The first-order valence-electron chi connectivity index (χ1n) is 18.9. The molecule has 2 atom stereocenters. The van der Waals surface area contributed by atoms with Crippen LogP contribution < -0.4 is 11.1 Å². The molecule has 0 heterocycles. The predicted molar refractivity (Wildman–Crippen MR) is 195 cm³/mol. The van der Waals surface area contributed by atoms with Crippen molar-refractivity contribution in [2.75, 3.05) is 26.4 Å². The third kappa shape index (κ3) is 32.6. The quantitative estimate of drug-likeness (QED) is 0.0278. The summed E-state index contributed by atoms with van der Waals surface area (Å²) >= 11 is -0.793. The van der Waals surface area contributed by atoms with E-state index in [1.165, 1.54) is 70.6 Å². The predicted octanol–water partition coefficient (Wildman–Crippen LogP) is 8.33. The molecule has 0 aliphatic rings. The molecule has 5 N–H and O–H groups in total. The molecule has 0 spiro atoms. The van der Waals surface area contributed by atoms with Crippen molar-refractivity contribution < 1.29 is 51.7 Å². The zero-order chi connectivity index (χ0) is 37.5. The second kappa shape index (κ2) is 31.2. The first-order valence-corrected chi connectivity index (χ1v) is 21.9. The van der Waals surface area contributed by atoms with Crippen LogP contribution in [-0.4, -0.2) is 71.4 Å². The van der Waals surface area contributed by atoms with Crippen LogP contribution in [0.15, 0.2) is 0 Å². The molecule has 0 aliphatic carbocycles.